The van der Waals surface area contributed by atoms with Crippen LogP contribution in [0.25, 0.3) is 10.9 Å². The number of H-pyrrole nitrogens is 1. The molecule has 1 saturated carbocycles. The molecule has 3 heterocycles. The van der Waals surface area contributed by atoms with E-state index in [1.807, 2.05) is 35.2 Å². The van der Waals surface area contributed by atoms with Crippen molar-refractivity contribution < 1.29 is 4.79 Å². The third-order valence-electron chi connectivity index (χ3n) is 5.21. The van der Waals surface area contributed by atoms with Crippen molar-refractivity contribution >= 4 is 33.3 Å². The van der Waals surface area contributed by atoms with Crippen LogP contribution in [0.1, 0.15) is 40.3 Å². The molecule has 0 saturated heterocycles. The number of fused-ring (bicyclic) bond motifs is 2. The van der Waals surface area contributed by atoms with Crippen molar-refractivity contribution in [3.8, 4) is 0 Å². The first-order valence-electron chi connectivity index (χ1n) is 8.88. The number of para-hydroxylation sites is 1. The van der Waals surface area contributed by atoms with Gasteiger partial charge in [0.05, 0.1) is 12.2 Å². The third-order valence-corrected chi connectivity index (χ3v) is 6.23. The zero-order valence-corrected chi connectivity index (χ0v) is 14.7. The molecule has 128 valence electrons. The van der Waals surface area contributed by atoms with Crippen LogP contribution in [0.15, 0.2) is 30.3 Å². The number of hydrogen-bond donors (Lipinski definition) is 2. The van der Waals surface area contributed by atoms with Gasteiger partial charge in [0, 0.05) is 34.8 Å². The van der Waals surface area contributed by atoms with Crippen molar-refractivity contribution in [2.75, 3.05) is 11.9 Å². The first-order chi connectivity index (χ1) is 12.3. The number of aromatic nitrogens is 2. The second-order valence-electron chi connectivity index (χ2n) is 6.91. The summed E-state index contributed by atoms with van der Waals surface area (Å²) in [7, 11) is 0. The third kappa shape index (κ3) is 2.70. The highest BCUT2D eigenvalue weighted by molar-refractivity contribution is 7.15. The Hall–Kier alpha value is -2.34. The fraction of sp³-hybridized carbons (Fsp3) is 0.368. The first-order valence-corrected chi connectivity index (χ1v) is 9.70. The molecule has 1 aliphatic carbocycles. The number of carbonyl (C=O) groups is 1. The summed E-state index contributed by atoms with van der Waals surface area (Å²) in [5, 5.41) is 5.63. The molecule has 1 aliphatic heterocycles. The fourth-order valence-corrected chi connectivity index (χ4v) is 4.62. The van der Waals surface area contributed by atoms with Gasteiger partial charge in [0.25, 0.3) is 5.91 Å². The van der Waals surface area contributed by atoms with Crippen LogP contribution < -0.4 is 5.32 Å². The van der Waals surface area contributed by atoms with E-state index >= 15 is 0 Å². The van der Waals surface area contributed by atoms with Gasteiger partial charge < -0.3 is 15.2 Å². The van der Waals surface area contributed by atoms with E-state index in [4.69, 9.17) is 4.98 Å². The second kappa shape index (κ2) is 5.88. The van der Waals surface area contributed by atoms with E-state index in [9.17, 15) is 4.79 Å². The van der Waals surface area contributed by atoms with Crippen molar-refractivity contribution in [1.82, 2.24) is 14.9 Å². The molecule has 2 aromatic heterocycles. The monoisotopic (exact) mass is 352 g/mol. The number of amides is 1. The van der Waals surface area contributed by atoms with E-state index in [1.165, 1.54) is 24.1 Å². The highest BCUT2D eigenvalue weighted by atomic mass is 32.1. The average Bonchev–Trinajstić information content (AvgIpc) is 3.20. The van der Waals surface area contributed by atoms with Gasteiger partial charge in [-0.15, -0.1) is 0 Å². The topological polar surface area (TPSA) is 61.0 Å². The van der Waals surface area contributed by atoms with Crippen molar-refractivity contribution in [3.63, 3.8) is 0 Å². The molecule has 5 rings (SSSR count). The van der Waals surface area contributed by atoms with Crippen LogP contribution in [0.2, 0.25) is 0 Å². The number of nitrogens with one attached hydrogen (secondary N) is 2. The molecule has 0 spiro atoms. The van der Waals surface area contributed by atoms with Gasteiger partial charge in [-0.1, -0.05) is 29.5 Å². The molecule has 25 heavy (non-hydrogen) atoms. The summed E-state index contributed by atoms with van der Waals surface area (Å²) in [6.45, 7) is 1.39. The molecule has 2 aliphatic rings. The molecule has 1 aromatic carbocycles. The van der Waals surface area contributed by atoms with Crippen LogP contribution in [-0.4, -0.2) is 33.4 Å². The number of thiazole rings is 1. The Bertz CT molecular complexity index is 907. The number of benzene rings is 1. The summed E-state index contributed by atoms with van der Waals surface area (Å²) in [6.07, 6.45) is 4.64. The number of rotatable bonds is 3. The maximum Gasteiger partial charge on any atom is 0.270 e. The Balaban J connectivity index is 1.34. The van der Waals surface area contributed by atoms with Crippen molar-refractivity contribution in [1.29, 1.82) is 0 Å². The number of hydrogen-bond acceptors (Lipinski definition) is 4. The van der Waals surface area contributed by atoms with E-state index in [0.29, 0.717) is 18.3 Å². The molecule has 2 N–H and O–H groups in total. The summed E-state index contributed by atoms with van der Waals surface area (Å²) >= 11 is 1.71. The Labute approximate surface area is 150 Å². The molecule has 1 fully saturated rings. The van der Waals surface area contributed by atoms with Gasteiger partial charge in [-0.25, -0.2) is 4.98 Å². The molecule has 0 bridgehead atoms. The van der Waals surface area contributed by atoms with Gasteiger partial charge in [0.15, 0.2) is 5.13 Å². The lowest BCUT2D eigenvalue weighted by Gasteiger charge is -2.25. The fourth-order valence-electron chi connectivity index (χ4n) is 3.52. The normalized spacial score (nSPS) is 17.4. The SMILES string of the molecule is O=C(c1cc2ccccc2[nH]1)N1CCc2nc(NC3CCC3)sc2C1. The maximum absolute atomic E-state index is 12.9. The van der Waals surface area contributed by atoms with Gasteiger partial charge in [0.1, 0.15) is 5.69 Å². The quantitative estimate of drug-likeness (QED) is 0.754. The predicted octanol–water partition coefficient (Wildman–Crippen LogP) is 3.79. The van der Waals surface area contributed by atoms with Gasteiger partial charge in [-0.2, -0.15) is 0 Å². The number of nitrogens with zero attached hydrogens (tertiary/aromatic N) is 2. The minimum Gasteiger partial charge on any atom is -0.359 e. The molecule has 0 unspecified atom stereocenters. The molecule has 0 radical (unpaired) electrons. The van der Waals surface area contributed by atoms with Crippen molar-refractivity contribution in [2.45, 2.75) is 38.3 Å². The minimum absolute atomic E-state index is 0.0729. The number of anilines is 1. The van der Waals surface area contributed by atoms with E-state index < -0.39 is 0 Å². The van der Waals surface area contributed by atoms with Crippen molar-refractivity contribution in [2.24, 2.45) is 0 Å². The van der Waals surface area contributed by atoms with Crippen LogP contribution in [0.5, 0.6) is 0 Å². The number of aromatic amines is 1. The zero-order valence-electron chi connectivity index (χ0n) is 13.9. The average molecular weight is 352 g/mol. The summed E-state index contributed by atoms with van der Waals surface area (Å²) in [5.41, 5.74) is 2.84. The summed E-state index contributed by atoms with van der Waals surface area (Å²) < 4.78 is 0. The lowest BCUT2D eigenvalue weighted by Crippen LogP contribution is -2.35. The molecule has 6 heteroatoms. The smallest absolute Gasteiger partial charge is 0.270 e. The van der Waals surface area contributed by atoms with Crippen molar-refractivity contribution in [3.05, 3.63) is 46.6 Å². The van der Waals surface area contributed by atoms with Crippen LogP contribution in [0.4, 0.5) is 5.13 Å². The molecule has 0 atom stereocenters. The molecule has 5 nitrogen and oxygen atoms in total. The summed E-state index contributed by atoms with van der Waals surface area (Å²) in [5.74, 6) is 0.0729. The van der Waals surface area contributed by atoms with Crippen LogP contribution in [-0.2, 0) is 13.0 Å². The Morgan fingerprint density at radius 1 is 1.32 bits per heavy atom. The molecular formula is C19H20N4OS. The summed E-state index contributed by atoms with van der Waals surface area (Å²) in [6, 6.07) is 10.5. The highest BCUT2D eigenvalue weighted by Gasteiger charge is 2.27. The molecule has 3 aromatic rings. The Morgan fingerprint density at radius 3 is 3.00 bits per heavy atom. The van der Waals surface area contributed by atoms with Gasteiger partial charge in [-0.3, -0.25) is 4.79 Å². The maximum atomic E-state index is 12.9. The van der Waals surface area contributed by atoms with Gasteiger partial charge in [0.2, 0.25) is 0 Å². The highest BCUT2D eigenvalue weighted by Crippen LogP contribution is 2.32. The first kappa shape index (κ1) is 15.0. The van der Waals surface area contributed by atoms with Crippen LogP contribution in [0.3, 0.4) is 0 Å². The van der Waals surface area contributed by atoms with Crippen LogP contribution in [0, 0.1) is 0 Å². The van der Waals surface area contributed by atoms with E-state index in [1.54, 1.807) is 11.3 Å². The largest absolute Gasteiger partial charge is 0.359 e. The molecule has 1 amide bonds. The van der Waals surface area contributed by atoms with Gasteiger partial charge >= 0.3 is 0 Å². The standard InChI is InChI=1S/C19H20N4OS/c24-18(16-10-12-4-1-2-7-14(12)21-16)23-9-8-15-17(11-23)25-19(22-15)20-13-5-3-6-13/h1-2,4,7,10,13,21H,3,5-6,8-9,11H2,(H,20,22). The zero-order chi connectivity index (χ0) is 16.8. The molecular weight excluding hydrogens is 332 g/mol. The Kier molecular flexibility index (Phi) is 3.52. The lowest BCUT2D eigenvalue weighted by atomic mass is 9.93. The lowest BCUT2D eigenvalue weighted by molar-refractivity contribution is 0.0731. The second-order valence-corrected chi connectivity index (χ2v) is 7.99. The van der Waals surface area contributed by atoms with E-state index in [0.717, 1.165) is 34.7 Å². The van der Waals surface area contributed by atoms with E-state index in [-0.39, 0.29) is 5.91 Å². The van der Waals surface area contributed by atoms with Crippen LogP contribution >= 0.6 is 11.3 Å². The predicted molar refractivity (Wildman–Crippen MR) is 100 cm³/mol. The minimum atomic E-state index is 0.0729. The van der Waals surface area contributed by atoms with E-state index in [2.05, 4.69) is 10.3 Å². The number of carbonyl (C=O) groups excluding carboxylic acids is 1. The summed E-state index contributed by atoms with van der Waals surface area (Å²) in [4.78, 5) is 24.0. The Morgan fingerprint density at radius 2 is 2.20 bits per heavy atom. The van der Waals surface area contributed by atoms with Gasteiger partial charge in [-0.05, 0) is 31.4 Å².